The summed E-state index contributed by atoms with van der Waals surface area (Å²) in [5, 5.41) is 8.53. The third-order valence-electron chi connectivity index (χ3n) is 4.33. The Balaban J connectivity index is 1.66. The smallest absolute Gasteiger partial charge is 0.246 e. The highest BCUT2D eigenvalue weighted by atomic mass is 16.3. The zero-order valence-electron chi connectivity index (χ0n) is 13.6. The van der Waals surface area contributed by atoms with Crippen LogP contribution in [0.3, 0.4) is 0 Å². The van der Waals surface area contributed by atoms with Gasteiger partial charge in [-0.3, -0.25) is 9.36 Å². The average molecular weight is 322 g/mol. The number of carbonyl (C=O) groups excluding carboxylic acids is 1. The van der Waals surface area contributed by atoms with E-state index in [9.17, 15) is 4.79 Å². The molecule has 0 aliphatic carbocycles. The minimum Gasteiger partial charge on any atom is -0.458 e. The first-order valence-corrected chi connectivity index (χ1v) is 7.97. The van der Waals surface area contributed by atoms with Crippen LogP contribution in [0.1, 0.15) is 30.1 Å². The van der Waals surface area contributed by atoms with Crippen molar-refractivity contribution in [3.8, 4) is 11.6 Å². The number of hydrogen-bond donors (Lipinski definition) is 0. The van der Waals surface area contributed by atoms with Crippen LogP contribution in [0.4, 0.5) is 0 Å². The maximum Gasteiger partial charge on any atom is 0.246 e. The van der Waals surface area contributed by atoms with Crippen LogP contribution in [0, 0.1) is 6.92 Å². The summed E-state index contributed by atoms with van der Waals surface area (Å²) in [6, 6.07) is 13.4. The molecule has 4 rings (SSSR count). The maximum atomic E-state index is 12.8. The second kappa shape index (κ2) is 5.63. The first-order valence-electron chi connectivity index (χ1n) is 7.97. The Labute approximate surface area is 139 Å². The van der Waals surface area contributed by atoms with Crippen LogP contribution >= 0.6 is 0 Å². The number of aromatic nitrogens is 3. The van der Waals surface area contributed by atoms with Gasteiger partial charge in [0.05, 0.1) is 6.54 Å². The summed E-state index contributed by atoms with van der Waals surface area (Å²) >= 11 is 0. The molecule has 0 saturated heterocycles. The van der Waals surface area contributed by atoms with Crippen molar-refractivity contribution < 1.29 is 9.21 Å². The number of benzene rings is 1. The lowest BCUT2D eigenvalue weighted by atomic mass is 10.1. The van der Waals surface area contributed by atoms with Crippen LogP contribution < -0.4 is 0 Å². The molecule has 3 aromatic rings. The number of aryl methyl sites for hydroxylation is 1. The first kappa shape index (κ1) is 14.7. The van der Waals surface area contributed by atoms with Gasteiger partial charge in [-0.25, -0.2) is 0 Å². The fourth-order valence-electron chi connectivity index (χ4n) is 3.12. The Hall–Kier alpha value is -2.89. The van der Waals surface area contributed by atoms with Gasteiger partial charge in [-0.1, -0.05) is 30.3 Å². The SMILES string of the molecule is Cc1ccc(-c2nnc3n2[C@@H](C)C(=O)N(Cc2ccccc2)C3)o1. The molecule has 0 fully saturated rings. The van der Waals surface area contributed by atoms with Crippen LogP contribution in [0.15, 0.2) is 46.9 Å². The molecule has 0 bridgehead atoms. The van der Waals surface area contributed by atoms with E-state index in [0.29, 0.717) is 24.7 Å². The van der Waals surface area contributed by atoms with E-state index in [-0.39, 0.29) is 11.9 Å². The topological polar surface area (TPSA) is 64.2 Å². The molecule has 0 spiro atoms. The van der Waals surface area contributed by atoms with Crippen LogP contribution in [0.25, 0.3) is 11.6 Å². The molecule has 6 nitrogen and oxygen atoms in total. The largest absolute Gasteiger partial charge is 0.458 e. The van der Waals surface area contributed by atoms with Crippen molar-refractivity contribution in [3.63, 3.8) is 0 Å². The summed E-state index contributed by atoms with van der Waals surface area (Å²) in [5.41, 5.74) is 1.10. The third kappa shape index (κ3) is 2.40. The van der Waals surface area contributed by atoms with E-state index >= 15 is 0 Å². The highest BCUT2D eigenvalue weighted by molar-refractivity contribution is 5.81. The summed E-state index contributed by atoms with van der Waals surface area (Å²) in [7, 11) is 0. The number of hydrogen-bond acceptors (Lipinski definition) is 4. The summed E-state index contributed by atoms with van der Waals surface area (Å²) in [4.78, 5) is 14.6. The number of rotatable bonds is 3. The van der Waals surface area contributed by atoms with Crippen molar-refractivity contribution in [2.24, 2.45) is 0 Å². The number of nitrogens with zero attached hydrogens (tertiary/aromatic N) is 4. The molecule has 3 heterocycles. The second-order valence-corrected chi connectivity index (χ2v) is 6.08. The van der Waals surface area contributed by atoms with E-state index in [0.717, 1.165) is 17.1 Å². The summed E-state index contributed by atoms with van der Waals surface area (Å²) in [6.45, 7) is 4.79. The number of furan rings is 1. The summed E-state index contributed by atoms with van der Waals surface area (Å²) in [5.74, 6) is 2.90. The lowest BCUT2D eigenvalue weighted by Crippen LogP contribution is -2.41. The minimum atomic E-state index is -0.354. The molecule has 0 saturated carbocycles. The van der Waals surface area contributed by atoms with Crippen LogP contribution in [0.5, 0.6) is 0 Å². The summed E-state index contributed by atoms with van der Waals surface area (Å²) in [6.07, 6.45) is 0. The fourth-order valence-corrected chi connectivity index (χ4v) is 3.12. The van der Waals surface area contributed by atoms with E-state index < -0.39 is 0 Å². The van der Waals surface area contributed by atoms with Crippen LogP contribution in [-0.4, -0.2) is 25.6 Å². The lowest BCUT2D eigenvalue weighted by molar-refractivity contribution is -0.137. The van der Waals surface area contributed by atoms with Crippen molar-refractivity contribution in [1.29, 1.82) is 0 Å². The monoisotopic (exact) mass is 322 g/mol. The summed E-state index contributed by atoms with van der Waals surface area (Å²) < 4.78 is 7.53. The number of carbonyl (C=O) groups is 1. The van der Waals surface area contributed by atoms with Gasteiger partial charge >= 0.3 is 0 Å². The van der Waals surface area contributed by atoms with Gasteiger partial charge in [-0.15, -0.1) is 10.2 Å². The average Bonchev–Trinajstić information content (AvgIpc) is 3.19. The predicted molar refractivity (Wildman–Crippen MR) is 87.9 cm³/mol. The third-order valence-corrected chi connectivity index (χ3v) is 4.33. The fraction of sp³-hybridized carbons (Fsp3) is 0.278. The molecule has 0 N–H and O–H groups in total. The molecule has 6 heteroatoms. The zero-order valence-corrected chi connectivity index (χ0v) is 13.6. The van der Waals surface area contributed by atoms with E-state index in [4.69, 9.17) is 4.42 Å². The Morgan fingerprint density at radius 3 is 2.67 bits per heavy atom. The van der Waals surface area contributed by atoms with Gasteiger partial charge in [-0.05, 0) is 31.5 Å². The van der Waals surface area contributed by atoms with Crippen molar-refractivity contribution in [1.82, 2.24) is 19.7 Å². The molecule has 0 radical (unpaired) electrons. The van der Waals surface area contributed by atoms with Gasteiger partial charge in [0.25, 0.3) is 0 Å². The lowest BCUT2D eigenvalue weighted by Gasteiger charge is -2.32. The molecule has 1 aromatic carbocycles. The molecule has 1 atom stereocenters. The molecule has 24 heavy (non-hydrogen) atoms. The zero-order chi connectivity index (χ0) is 16.7. The first-order chi connectivity index (χ1) is 11.6. The van der Waals surface area contributed by atoms with Crippen molar-refractivity contribution in [2.75, 3.05) is 0 Å². The highest BCUT2D eigenvalue weighted by Crippen LogP contribution is 2.29. The van der Waals surface area contributed by atoms with Crippen LogP contribution in [-0.2, 0) is 17.9 Å². The molecule has 122 valence electrons. The normalized spacial score (nSPS) is 17.2. The van der Waals surface area contributed by atoms with Gasteiger partial charge in [0.15, 0.2) is 11.6 Å². The Morgan fingerprint density at radius 1 is 1.17 bits per heavy atom. The van der Waals surface area contributed by atoms with Gasteiger partial charge in [0.2, 0.25) is 11.7 Å². The van der Waals surface area contributed by atoms with E-state index in [2.05, 4.69) is 10.2 Å². The van der Waals surface area contributed by atoms with Crippen molar-refractivity contribution in [2.45, 2.75) is 33.0 Å². The van der Waals surface area contributed by atoms with Gasteiger partial charge < -0.3 is 9.32 Å². The molecular weight excluding hydrogens is 304 g/mol. The van der Waals surface area contributed by atoms with Crippen molar-refractivity contribution in [3.05, 3.63) is 59.6 Å². The predicted octanol–water partition coefficient (Wildman–Crippen LogP) is 2.95. The quantitative estimate of drug-likeness (QED) is 0.744. The van der Waals surface area contributed by atoms with E-state index in [1.165, 1.54) is 0 Å². The Kier molecular flexibility index (Phi) is 3.45. The van der Waals surface area contributed by atoms with Gasteiger partial charge in [0.1, 0.15) is 11.8 Å². The molecule has 0 unspecified atom stereocenters. The highest BCUT2D eigenvalue weighted by Gasteiger charge is 2.34. The second-order valence-electron chi connectivity index (χ2n) is 6.08. The standard InChI is InChI=1S/C18H18N4O2/c1-12-8-9-15(24-12)17-20-19-16-11-21(18(23)13(2)22(16)17)10-14-6-4-3-5-7-14/h3-9,13H,10-11H2,1-2H3/t13-/m0/s1. The Bertz CT molecular complexity index is 882. The minimum absolute atomic E-state index is 0.0654. The van der Waals surface area contributed by atoms with Crippen LogP contribution in [0.2, 0.25) is 0 Å². The Morgan fingerprint density at radius 2 is 1.96 bits per heavy atom. The van der Waals surface area contributed by atoms with Gasteiger partial charge in [-0.2, -0.15) is 0 Å². The molecular formula is C18H18N4O2. The maximum absolute atomic E-state index is 12.8. The molecule has 1 aliphatic heterocycles. The molecule has 1 amide bonds. The van der Waals surface area contributed by atoms with E-state index in [1.807, 2.05) is 65.8 Å². The van der Waals surface area contributed by atoms with Crippen molar-refractivity contribution >= 4 is 5.91 Å². The van der Waals surface area contributed by atoms with Gasteiger partial charge in [0, 0.05) is 6.54 Å². The molecule has 1 aliphatic rings. The molecule has 2 aromatic heterocycles. The number of amides is 1. The van der Waals surface area contributed by atoms with E-state index in [1.54, 1.807) is 0 Å². The number of fused-ring (bicyclic) bond motifs is 1.